The second-order valence-corrected chi connectivity index (χ2v) is 9.75. The smallest absolute Gasteiger partial charge is 0.265 e. The number of hydrogen-bond donors (Lipinski definition) is 1. The number of alkyl halides is 3. The van der Waals surface area contributed by atoms with Gasteiger partial charge in [0.25, 0.3) is 3.79 Å². The van der Waals surface area contributed by atoms with Crippen molar-refractivity contribution in [3.05, 3.63) is 35.7 Å². The molecule has 0 radical (unpaired) electrons. The van der Waals surface area contributed by atoms with Gasteiger partial charge in [0.05, 0.1) is 13.7 Å². The highest BCUT2D eigenvalue weighted by molar-refractivity contribution is 6.76. The molecular formula is C19H24Cl3N5O3. The number of ether oxygens (including phenoxy) is 3. The highest BCUT2D eigenvalue weighted by Gasteiger charge is 2.44. The van der Waals surface area contributed by atoms with Crippen LogP contribution >= 0.6 is 34.8 Å². The molecule has 0 aliphatic carbocycles. The Kier molecular flexibility index (Phi) is 7.12. The van der Waals surface area contributed by atoms with E-state index in [-0.39, 0.29) is 17.8 Å². The van der Waals surface area contributed by atoms with Gasteiger partial charge < -0.3 is 14.2 Å². The molecule has 1 aliphatic rings. The van der Waals surface area contributed by atoms with E-state index < -0.39 is 22.1 Å². The topological polar surface area (TPSA) is 95.1 Å². The van der Waals surface area contributed by atoms with Crippen LogP contribution in [0.2, 0.25) is 0 Å². The van der Waals surface area contributed by atoms with Crippen LogP contribution in [0, 0.1) is 23.2 Å². The fourth-order valence-corrected chi connectivity index (χ4v) is 3.47. The van der Waals surface area contributed by atoms with Crippen LogP contribution in [0.1, 0.15) is 38.3 Å². The second kappa shape index (κ2) is 9.26. The first-order valence-corrected chi connectivity index (χ1v) is 10.6. The van der Waals surface area contributed by atoms with Gasteiger partial charge in [-0.05, 0) is 34.7 Å². The van der Waals surface area contributed by atoms with Crippen LogP contribution in [0.25, 0.3) is 0 Å². The van der Waals surface area contributed by atoms with Gasteiger partial charge >= 0.3 is 0 Å². The molecular weight excluding hydrogens is 453 g/mol. The van der Waals surface area contributed by atoms with Crippen molar-refractivity contribution < 1.29 is 14.2 Å². The maximum atomic E-state index is 7.86. The normalized spacial score (nSPS) is 27.0. The molecule has 164 valence electrons. The Morgan fingerprint density at radius 3 is 2.40 bits per heavy atom. The largest absolute Gasteiger partial charge is 0.497 e. The van der Waals surface area contributed by atoms with Gasteiger partial charge in [-0.2, -0.15) is 4.80 Å². The van der Waals surface area contributed by atoms with Gasteiger partial charge in [-0.1, -0.05) is 67.7 Å². The number of nitrogens with zero attached hydrogens (tertiary/aromatic N) is 4. The molecule has 1 fully saturated rings. The van der Waals surface area contributed by atoms with Gasteiger partial charge in [-0.3, -0.25) is 5.41 Å². The standard InChI is InChI=1S/C19H24Cl3N5O3/c1-10-11(2)15(29-17(12(10)3)30-18(23)19(20,21)22)16-24-26-27(25-16)9-13-5-7-14(28-4)8-6-13/h5-8,10-12,15,17,23H,9H2,1-4H3/t10-,11+,12?,15?,17-/m0/s1. The van der Waals surface area contributed by atoms with Crippen molar-refractivity contribution in [3.63, 3.8) is 0 Å². The highest BCUT2D eigenvalue weighted by atomic mass is 35.6. The maximum Gasteiger partial charge on any atom is 0.265 e. The lowest BCUT2D eigenvalue weighted by Crippen LogP contribution is -2.44. The minimum Gasteiger partial charge on any atom is -0.497 e. The number of methoxy groups -OCH3 is 1. The van der Waals surface area contributed by atoms with E-state index in [0.29, 0.717) is 12.4 Å². The Hall–Kier alpha value is -1.61. The summed E-state index contributed by atoms with van der Waals surface area (Å²) in [6, 6.07) is 7.64. The lowest BCUT2D eigenvalue weighted by Gasteiger charge is -2.42. The number of halogens is 3. The van der Waals surface area contributed by atoms with Crippen molar-refractivity contribution in [1.82, 2.24) is 20.2 Å². The molecule has 2 unspecified atom stereocenters. The first-order chi connectivity index (χ1) is 14.1. The summed E-state index contributed by atoms with van der Waals surface area (Å²) in [6.07, 6.45) is -1.23. The Bertz CT molecular complexity index is 871. The number of rotatable bonds is 5. The number of benzene rings is 1. The van der Waals surface area contributed by atoms with Gasteiger partial charge in [-0.15, -0.1) is 10.2 Å². The fraction of sp³-hybridized carbons (Fsp3) is 0.579. The average molecular weight is 477 g/mol. The molecule has 30 heavy (non-hydrogen) atoms. The molecule has 0 saturated carbocycles. The van der Waals surface area contributed by atoms with Crippen LogP contribution in [0.4, 0.5) is 0 Å². The molecule has 2 heterocycles. The van der Waals surface area contributed by atoms with Crippen molar-refractivity contribution in [2.45, 2.75) is 43.5 Å². The van der Waals surface area contributed by atoms with Gasteiger partial charge in [0, 0.05) is 5.92 Å². The number of hydrogen-bond acceptors (Lipinski definition) is 7. The van der Waals surface area contributed by atoms with Crippen molar-refractivity contribution in [2.75, 3.05) is 7.11 Å². The zero-order valence-electron chi connectivity index (χ0n) is 17.1. The van der Waals surface area contributed by atoms with E-state index in [9.17, 15) is 0 Å². The monoisotopic (exact) mass is 475 g/mol. The number of tetrazole rings is 1. The molecule has 11 heteroatoms. The second-order valence-electron chi connectivity index (χ2n) is 7.47. The Labute approximate surface area is 190 Å². The van der Waals surface area contributed by atoms with E-state index in [2.05, 4.69) is 29.3 Å². The lowest BCUT2D eigenvalue weighted by molar-refractivity contribution is -0.222. The third kappa shape index (κ3) is 5.17. The van der Waals surface area contributed by atoms with Crippen molar-refractivity contribution in [2.24, 2.45) is 17.8 Å². The first kappa shape index (κ1) is 23.1. The van der Waals surface area contributed by atoms with E-state index in [4.69, 9.17) is 54.4 Å². The summed E-state index contributed by atoms with van der Waals surface area (Å²) >= 11 is 17.2. The quantitative estimate of drug-likeness (QED) is 0.390. The third-order valence-electron chi connectivity index (χ3n) is 5.54. The van der Waals surface area contributed by atoms with Gasteiger partial charge in [0.15, 0.2) is 0 Å². The van der Waals surface area contributed by atoms with Gasteiger partial charge in [0.1, 0.15) is 11.9 Å². The van der Waals surface area contributed by atoms with Gasteiger partial charge in [0.2, 0.25) is 18.0 Å². The van der Waals surface area contributed by atoms with Gasteiger partial charge in [-0.25, -0.2) is 0 Å². The molecule has 2 aromatic rings. The molecule has 1 aliphatic heterocycles. The van der Waals surface area contributed by atoms with Crippen LogP contribution in [-0.4, -0.2) is 43.3 Å². The van der Waals surface area contributed by atoms with E-state index >= 15 is 0 Å². The Balaban J connectivity index is 1.74. The number of nitrogens with one attached hydrogen (secondary N) is 1. The molecule has 1 aromatic carbocycles. The van der Waals surface area contributed by atoms with E-state index in [1.54, 1.807) is 7.11 Å². The van der Waals surface area contributed by atoms with E-state index in [0.717, 1.165) is 11.3 Å². The van der Waals surface area contributed by atoms with Crippen LogP contribution in [-0.2, 0) is 16.0 Å². The molecule has 8 nitrogen and oxygen atoms in total. The highest BCUT2D eigenvalue weighted by Crippen LogP contribution is 2.42. The first-order valence-electron chi connectivity index (χ1n) is 9.48. The average Bonchev–Trinajstić information content (AvgIpc) is 3.16. The predicted molar refractivity (Wildman–Crippen MR) is 114 cm³/mol. The zero-order chi connectivity index (χ0) is 22.1. The summed E-state index contributed by atoms with van der Waals surface area (Å²) in [7, 11) is 1.62. The predicted octanol–water partition coefficient (Wildman–Crippen LogP) is 4.40. The minimum atomic E-state index is -1.95. The summed E-state index contributed by atoms with van der Waals surface area (Å²) in [6.45, 7) is 6.58. The lowest BCUT2D eigenvalue weighted by atomic mass is 9.79. The molecule has 0 amide bonds. The summed E-state index contributed by atoms with van der Waals surface area (Å²) < 4.78 is 14.8. The molecule has 5 atom stereocenters. The molecule has 0 spiro atoms. The van der Waals surface area contributed by atoms with Crippen LogP contribution in [0.15, 0.2) is 24.3 Å². The summed E-state index contributed by atoms with van der Waals surface area (Å²) in [4.78, 5) is 1.51. The molecule has 1 N–H and O–H groups in total. The SMILES string of the molecule is COc1ccc(Cn2nnc(C3O[C@@H](OC(=N)C(Cl)(Cl)Cl)C(C)[C@@H](C)[C@H]3C)n2)cc1. The maximum absolute atomic E-state index is 7.86. The third-order valence-corrected chi connectivity index (χ3v) is 6.06. The van der Waals surface area contributed by atoms with E-state index in [1.165, 1.54) is 4.80 Å². The number of aromatic nitrogens is 4. The van der Waals surface area contributed by atoms with E-state index in [1.807, 2.05) is 31.2 Å². The summed E-state index contributed by atoms with van der Waals surface area (Å²) in [5.41, 5.74) is 1.01. The van der Waals surface area contributed by atoms with Crippen LogP contribution < -0.4 is 4.74 Å². The fourth-order valence-electron chi connectivity index (χ4n) is 3.34. The summed E-state index contributed by atoms with van der Waals surface area (Å²) in [5, 5.41) is 20.7. The Morgan fingerprint density at radius 1 is 1.13 bits per heavy atom. The zero-order valence-corrected chi connectivity index (χ0v) is 19.3. The summed E-state index contributed by atoms with van der Waals surface area (Å²) in [5.74, 6) is 0.999. The van der Waals surface area contributed by atoms with Crippen LogP contribution in [0.3, 0.4) is 0 Å². The van der Waals surface area contributed by atoms with Crippen LogP contribution in [0.5, 0.6) is 5.75 Å². The van der Waals surface area contributed by atoms with Crippen molar-refractivity contribution >= 4 is 40.7 Å². The molecule has 0 bridgehead atoms. The Morgan fingerprint density at radius 2 is 1.80 bits per heavy atom. The minimum absolute atomic E-state index is 0.0294. The van der Waals surface area contributed by atoms with Crippen molar-refractivity contribution in [3.8, 4) is 5.75 Å². The van der Waals surface area contributed by atoms with Crippen molar-refractivity contribution in [1.29, 1.82) is 5.41 Å². The molecule has 1 saturated heterocycles. The molecule has 3 rings (SSSR count). The molecule has 1 aromatic heterocycles.